The van der Waals surface area contributed by atoms with E-state index in [9.17, 15) is 0 Å². The number of anilines is 1. The molecule has 140 valence electrons. The summed E-state index contributed by atoms with van der Waals surface area (Å²) in [6, 6.07) is 31.7. The second-order valence-corrected chi connectivity index (χ2v) is 8.48. The van der Waals surface area contributed by atoms with E-state index in [1.807, 2.05) is 0 Å². The molecule has 1 heteroatoms. The van der Waals surface area contributed by atoms with Crippen LogP contribution in [-0.4, -0.2) is 14.1 Å². The van der Waals surface area contributed by atoms with Crippen LogP contribution < -0.4 is 4.90 Å². The average molecular weight is 373 g/mol. The van der Waals surface area contributed by atoms with Crippen molar-refractivity contribution in [1.29, 1.82) is 0 Å². The van der Waals surface area contributed by atoms with E-state index in [1.54, 1.807) is 0 Å². The Kier molecular flexibility index (Phi) is 3.21. The van der Waals surface area contributed by atoms with E-state index < -0.39 is 0 Å². The van der Waals surface area contributed by atoms with E-state index in [4.69, 9.17) is 0 Å². The molecule has 1 nitrogen and oxygen atoms in total. The van der Waals surface area contributed by atoms with Crippen LogP contribution in [0, 0.1) is 6.92 Å². The van der Waals surface area contributed by atoms with Crippen LogP contribution in [0.3, 0.4) is 0 Å². The third kappa shape index (κ3) is 1.90. The number of hydrogen-bond acceptors (Lipinski definition) is 1. The first-order valence-electron chi connectivity index (χ1n) is 10.3. The number of rotatable bonds is 1. The lowest BCUT2D eigenvalue weighted by molar-refractivity contribution is 0.788. The predicted octanol–water partition coefficient (Wildman–Crippen LogP) is 6.40. The molecule has 2 aliphatic carbocycles. The minimum absolute atomic E-state index is 0.259. The van der Waals surface area contributed by atoms with Crippen LogP contribution in [0.4, 0.5) is 5.69 Å². The van der Waals surface area contributed by atoms with Crippen molar-refractivity contribution >= 4 is 5.69 Å². The molecule has 4 aromatic carbocycles. The van der Waals surface area contributed by atoms with Gasteiger partial charge in [0.15, 0.2) is 0 Å². The Bertz CT molecular complexity index is 1250. The van der Waals surface area contributed by atoms with Gasteiger partial charge in [-0.15, -0.1) is 0 Å². The van der Waals surface area contributed by atoms with Gasteiger partial charge in [0.05, 0.1) is 5.41 Å². The fourth-order valence-corrected chi connectivity index (χ4v) is 5.66. The van der Waals surface area contributed by atoms with Crippen LogP contribution >= 0.6 is 0 Å². The van der Waals surface area contributed by atoms with Crippen LogP contribution in [0.15, 0.2) is 84.9 Å². The lowest BCUT2D eigenvalue weighted by Crippen LogP contribution is -2.28. The smallest absolute Gasteiger partial charge is 0.0745 e. The second kappa shape index (κ2) is 5.61. The summed E-state index contributed by atoms with van der Waals surface area (Å²) in [5, 5.41) is 0. The molecule has 0 aliphatic heterocycles. The summed E-state index contributed by atoms with van der Waals surface area (Å²) in [5.41, 5.74) is 13.4. The molecule has 1 spiro atoms. The van der Waals surface area contributed by atoms with Crippen molar-refractivity contribution in [2.24, 2.45) is 0 Å². The Morgan fingerprint density at radius 3 is 1.83 bits per heavy atom. The molecule has 29 heavy (non-hydrogen) atoms. The number of aryl methyl sites for hydroxylation is 1. The van der Waals surface area contributed by atoms with Gasteiger partial charge >= 0.3 is 0 Å². The Balaban J connectivity index is 1.89. The highest BCUT2D eigenvalue weighted by molar-refractivity contribution is 5.97. The van der Waals surface area contributed by atoms with Crippen LogP contribution in [-0.2, 0) is 5.41 Å². The molecule has 0 radical (unpaired) electrons. The summed E-state index contributed by atoms with van der Waals surface area (Å²) in [4.78, 5) is 2.27. The van der Waals surface area contributed by atoms with Crippen LogP contribution in [0.5, 0.6) is 0 Å². The van der Waals surface area contributed by atoms with Gasteiger partial charge in [-0.2, -0.15) is 0 Å². The zero-order valence-corrected chi connectivity index (χ0v) is 17.0. The van der Waals surface area contributed by atoms with Crippen molar-refractivity contribution in [3.8, 4) is 22.3 Å². The topological polar surface area (TPSA) is 3.24 Å². The zero-order chi connectivity index (χ0) is 19.8. The number of fused-ring (bicyclic) bond motifs is 10. The van der Waals surface area contributed by atoms with Gasteiger partial charge in [0.1, 0.15) is 0 Å². The maximum Gasteiger partial charge on any atom is 0.0745 e. The van der Waals surface area contributed by atoms with Crippen molar-refractivity contribution in [2.45, 2.75) is 12.3 Å². The zero-order valence-electron chi connectivity index (χ0n) is 17.0. The van der Waals surface area contributed by atoms with Gasteiger partial charge in [-0.1, -0.05) is 84.4 Å². The SMILES string of the molecule is Cc1ccc2c(c1)C1(c3ccccc3-c3ccccc31)c1c-2cccc1N(C)C. The molecule has 0 fully saturated rings. The van der Waals surface area contributed by atoms with Gasteiger partial charge in [-0.25, -0.2) is 0 Å². The van der Waals surface area contributed by atoms with Crippen molar-refractivity contribution in [3.63, 3.8) is 0 Å². The molecule has 0 aromatic heterocycles. The molecule has 0 bridgehead atoms. The number of nitrogens with zero attached hydrogens (tertiary/aromatic N) is 1. The second-order valence-electron chi connectivity index (χ2n) is 8.48. The summed E-state index contributed by atoms with van der Waals surface area (Å²) >= 11 is 0. The lowest BCUT2D eigenvalue weighted by atomic mass is 9.70. The Hall–Kier alpha value is -3.32. The maximum absolute atomic E-state index is 2.41. The molecule has 0 N–H and O–H groups in total. The number of benzene rings is 4. The molecule has 2 aliphatic rings. The van der Waals surface area contributed by atoms with Crippen molar-refractivity contribution in [2.75, 3.05) is 19.0 Å². The van der Waals surface area contributed by atoms with Gasteiger partial charge in [0.2, 0.25) is 0 Å². The Morgan fingerprint density at radius 2 is 1.17 bits per heavy atom. The average Bonchev–Trinajstić information content (AvgIpc) is 3.20. The van der Waals surface area contributed by atoms with E-state index in [-0.39, 0.29) is 5.41 Å². The van der Waals surface area contributed by atoms with Crippen LogP contribution in [0.2, 0.25) is 0 Å². The summed E-state index contributed by atoms with van der Waals surface area (Å²) in [7, 11) is 4.31. The highest BCUT2D eigenvalue weighted by atomic mass is 15.1. The van der Waals surface area contributed by atoms with Gasteiger partial charge in [0.25, 0.3) is 0 Å². The van der Waals surface area contributed by atoms with Crippen molar-refractivity contribution < 1.29 is 0 Å². The lowest BCUT2D eigenvalue weighted by Gasteiger charge is -2.33. The third-order valence-corrected chi connectivity index (χ3v) is 6.72. The molecule has 0 amide bonds. The first kappa shape index (κ1) is 16.6. The Labute approximate surface area is 172 Å². The number of hydrogen-bond donors (Lipinski definition) is 0. The van der Waals surface area contributed by atoms with Crippen LogP contribution in [0.25, 0.3) is 22.3 Å². The molecule has 6 rings (SSSR count). The highest BCUT2D eigenvalue weighted by Gasteiger charge is 2.52. The largest absolute Gasteiger partial charge is 0.377 e. The molecular formula is C28H23N. The molecule has 0 saturated heterocycles. The quantitative estimate of drug-likeness (QED) is 0.322. The van der Waals surface area contributed by atoms with Gasteiger partial charge < -0.3 is 4.90 Å². The van der Waals surface area contributed by atoms with Crippen molar-refractivity contribution in [3.05, 3.63) is 113 Å². The van der Waals surface area contributed by atoms with Gasteiger partial charge in [-0.3, -0.25) is 0 Å². The maximum atomic E-state index is 2.41. The predicted molar refractivity (Wildman–Crippen MR) is 122 cm³/mol. The summed E-state index contributed by atoms with van der Waals surface area (Å²) < 4.78 is 0. The van der Waals surface area contributed by atoms with Gasteiger partial charge in [0, 0.05) is 25.3 Å². The molecule has 4 aromatic rings. The molecular weight excluding hydrogens is 350 g/mol. The highest BCUT2D eigenvalue weighted by Crippen LogP contribution is 2.64. The summed E-state index contributed by atoms with van der Waals surface area (Å²) in [6.45, 7) is 2.20. The summed E-state index contributed by atoms with van der Waals surface area (Å²) in [5.74, 6) is 0. The summed E-state index contributed by atoms with van der Waals surface area (Å²) in [6.07, 6.45) is 0. The first-order valence-corrected chi connectivity index (χ1v) is 10.3. The standard InChI is InChI=1S/C28H23N/c1-18-15-16-21-22-11-8-14-26(29(2)3)27(22)28(25(21)17-18)23-12-6-4-9-19(23)20-10-5-7-13-24(20)28/h4-17H,1-3H3. The fraction of sp³-hybridized carbons (Fsp3) is 0.143. The minimum atomic E-state index is -0.259. The monoisotopic (exact) mass is 373 g/mol. The van der Waals surface area contributed by atoms with E-state index in [0.717, 1.165) is 0 Å². The van der Waals surface area contributed by atoms with Gasteiger partial charge in [-0.05, 0) is 51.9 Å². The normalized spacial score (nSPS) is 14.3. The first-order chi connectivity index (χ1) is 14.1. The molecule has 0 heterocycles. The van der Waals surface area contributed by atoms with E-state index in [2.05, 4.69) is 111 Å². The molecule has 0 unspecified atom stereocenters. The third-order valence-electron chi connectivity index (χ3n) is 6.72. The van der Waals surface area contributed by atoms with E-state index in [1.165, 1.54) is 55.8 Å². The van der Waals surface area contributed by atoms with Crippen LogP contribution in [0.1, 0.15) is 27.8 Å². The minimum Gasteiger partial charge on any atom is -0.377 e. The van der Waals surface area contributed by atoms with Crippen molar-refractivity contribution in [1.82, 2.24) is 0 Å². The molecule has 0 saturated carbocycles. The van der Waals surface area contributed by atoms with E-state index in [0.29, 0.717) is 0 Å². The molecule has 0 atom stereocenters. The van der Waals surface area contributed by atoms with E-state index >= 15 is 0 Å². The fourth-order valence-electron chi connectivity index (χ4n) is 5.66. The Morgan fingerprint density at radius 1 is 0.586 bits per heavy atom.